The van der Waals surface area contributed by atoms with E-state index < -0.39 is 11.6 Å². The number of benzene rings is 2. The van der Waals surface area contributed by atoms with Gasteiger partial charge in [-0.25, -0.2) is 4.79 Å². The number of carbonyl (C=O) groups excluding carboxylic acids is 3. The highest BCUT2D eigenvalue weighted by Crippen LogP contribution is 2.33. The van der Waals surface area contributed by atoms with Gasteiger partial charge in [0.15, 0.2) is 0 Å². The van der Waals surface area contributed by atoms with E-state index in [1.54, 1.807) is 0 Å². The van der Waals surface area contributed by atoms with Crippen molar-refractivity contribution in [1.29, 1.82) is 0 Å². The minimum atomic E-state index is -0.931. The highest BCUT2D eigenvalue weighted by Gasteiger charge is 2.52. The Labute approximate surface area is 169 Å². The van der Waals surface area contributed by atoms with Crippen LogP contribution in [-0.4, -0.2) is 34.8 Å². The molecular weight excluding hydrogens is 366 g/mol. The second kappa shape index (κ2) is 6.72. The Bertz CT molecular complexity index is 1030. The van der Waals surface area contributed by atoms with Crippen LogP contribution in [0.2, 0.25) is 0 Å². The first-order valence-corrected chi connectivity index (χ1v) is 10.2. The summed E-state index contributed by atoms with van der Waals surface area (Å²) >= 11 is 0. The van der Waals surface area contributed by atoms with Crippen molar-refractivity contribution in [2.24, 2.45) is 0 Å². The number of nitrogens with zero attached hydrogens (tertiary/aromatic N) is 1. The first-order valence-electron chi connectivity index (χ1n) is 10.2. The fourth-order valence-electron chi connectivity index (χ4n) is 4.84. The third-order valence-electron chi connectivity index (χ3n) is 6.36. The third-order valence-corrected chi connectivity index (χ3v) is 6.36. The summed E-state index contributed by atoms with van der Waals surface area (Å²) in [5.74, 6) is -0.666. The van der Waals surface area contributed by atoms with Gasteiger partial charge in [-0.1, -0.05) is 30.3 Å². The van der Waals surface area contributed by atoms with Crippen LogP contribution >= 0.6 is 0 Å². The molecule has 1 atom stereocenters. The fourth-order valence-corrected chi connectivity index (χ4v) is 4.84. The maximum absolute atomic E-state index is 13.1. The quantitative estimate of drug-likeness (QED) is 0.792. The van der Waals surface area contributed by atoms with Crippen LogP contribution < -0.4 is 10.6 Å². The number of urea groups is 1. The molecule has 0 radical (unpaired) electrons. The number of aryl methyl sites for hydroxylation is 3. The topological polar surface area (TPSA) is 78.5 Å². The van der Waals surface area contributed by atoms with Crippen LogP contribution in [0.15, 0.2) is 42.5 Å². The Morgan fingerprint density at radius 2 is 1.76 bits per heavy atom. The van der Waals surface area contributed by atoms with Crippen LogP contribution in [0.5, 0.6) is 0 Å². The Morgan fingerprint density at radius 1 is 1.00 bits per heavy atom. The van der Waals surface area contributed by atoms with Gasteiger partial charge in [0, 0.05) is 12.1 Å². The number of carbonyl (C=O) groups is 3. The van der Waals surface area contributed by atoms with E-state index in [0.29, 0.717) is 18.5 Å². The fraction of sp³-hybridized carbons (Fsp3) is 0.348. The first-order chi connectivity index (χ1) is 14.0. The van der Waals surface area contributed by atoms with E-state index in [0.717, 1.165) is 36.1 Å². The number of hydrogen-bond donors (Lipinski definition) is 2. The van der Waals surface area contributed by atoms with Crippen molar-refractivity contribution in [3.63, 3.8) is 0 Å². The number of amides is 4. The van der Waals surface area contributed by atoms with E-state index >= 15 is 0 Å². The van der Waals surface area contributed by atoms with Crippen molar-refractivity contribution >= 4 is 23.5 Å². The summed E-state index contributed by atoms with van der Waals surface area (Å²) in [6, 6.07) is 13.4. The maximum atomic E-state index is 13.1. The normalized spacial score (nSPS) is 22.4. The molecule has 29 heavy (non-hydrogen) atoms. The molecule has 2 aliphatic carbocycles. The van der Waals surface area contributed by atoms with Crippen LogP contribution in [-0.2, 0) is 35.3 Å². The molecule has 4 amide bonds. The van der Waals surface area contributed by atoms with Gasteiger partial charge in [-0.05, 0) is 66.5 Å². The SMILES string of the molecule is O=C(CN1C(=O)NC2(CCc3ccccc3C2)C1=O)Nc1ccc2c(c1)CCC2. The van der Waals surface area contributed by atoms with Crippen molar-refractivity contribution in [3.05, 3.63) is 64.7 Å². The highest BCUT2D eigenvalue weighted by atomic mass is 16.2. The van der Waals surface area contributed by atoms with Crippen molar-refractivity contribution in [1.82, 2.24) is 10.2 Å². The predicted octanol–water partition coefficient (Wildman–Crippen LogP) is 2.59. The molecule has 148 valence electrons. The second-order valence-electron chi connectivity index (χ2n) is 8.23. The second-order valence-corrected chi connectivity index (χ2v) is 8.23. The maximum Gasteiger partial charge on any atom is 0.325 e. The molecule has 5 rings (SSSR count). The van der Waals surface area contributed by atoms with Gasteiger partial charge < -0.3 is 10.6 Å². The van der Waals surface area contributed by atoms with Gasteiger partial charge in [0.2, 0.25) is 5.91 Å². The first kappa shape index (κ1) is 17.9. The molecular formula is C23H23N3O3. The van der Waals surface area contributed by atoms with Crippen molar-refractivity contribution in [3.8, 4) is 0 Å². The Morgan fingerprint density at radius 3 is 2.62 bits per heavy atom. The van der Waals surface area contributed by atoms with Crippen LogP contribution in [0.3, 0.4) is 0 Å². The number of fused-ring (bicyclic) bond motifs is 2. The molecule has 1 spiro atoms. The van der Waals surface area contributed by atoms with Crippen LogP contribution in [0.25, 0.3) is 0 Å². The zero-order chi connectivity index (χ0) is 20.0. The van der Waals surface area contributed by atoms with Crippen LogP contribution in [0.4, 0.5) is 10.5 Å². The smallest absolute Gasteiger partial charge is 0.325 e. The summed E-state index contributed by atoms with van der Waals surface area (Å²) in [5.41, 5.74) is 4.67. The third kappa shape index (κ3) is 3.09. The lowest BCUT2D eigenvalue weighted by Gasteiger charge is -2.32. The van der Waals surface area contributed by atoms with Gasteiger partial charge >= 0.3 is 6.03 Å². The van der Waals surface area contributed by atoms with E-state index in [4.69, 9.17) is 0 Å². The largest absolute Gasteiger partial charge is 0.325 e. The van der Waals surface area contributed by atoms with E-state index in [9.17, 15) is 14.4 Å². The molecule has 2 N–H and O–H groups in total. The lowest BCUT2D eigenvalue weighted by Crippen LogP contribution is -2.51. The van der Waals surface area contributed by atoms with Gasteiger partial charge in [-0.2, -0.15) is 0 Å². The molecule has 0 bridgehead atoms. The minimum Gasteiger partial charge on any atom is -0.325 e. The lowest BCUT2D eigenvalue weighted by atomic mass is 9.78. The van der Waals surface area contributed by atoms with E-state index in [1.165, 1.54) is 16.7 Å². The van der Waals surface area contributed by atoms with Gasteiger partial charge in [0.25, 0.3) is 5.91 Å². The molecule has 3 aliphatic rings. The zero-order valence-electron chi connectivity index (χ0n) is 16.2. The van der Waals surface area contributed by atoms with Crippen molar-refractivity contribution < 1.29 is 14.4 Å². The predicted molar refractivity (Wildman–Crippen MR) is 109 cm³/mol. The summed E-state index contributed by atoms with van der Waals surface area (Å²) in [7, 11) is 0. The molecule has 2 aromatic carbocycles. The van der Waals surface area contributed by atoms with E-state index in [2.05, 4.69) is 16.7 Å². The Kier molecular flexibility index (Phi) is 4.15. The van der Waals surface area contributed by atoms with Gasteiger partial charge in [-0.15, -0.1) is 0 Å². The monoisotopic (exact) mass is 389 g/mol. The van der Waals surface area contributed by atoms with Crippen LogP contribution in [0, 0.1) is 0 Å². The summed E-state index contributed by atoms with van der Waals surface area (Å²) in [6.07, 6.45) is 5.00. The highest BCUT2D eigenvalue weighted by molar-refractivity contribution is 6.10. The lowest BCUT2D eigenvalue weighted by molar-refractivity contribution is -0.134. The van der Waals surface area contributed by atoms with Gasteiger partial charge in [0.05, 0.1) is 0 Å². The average Bonchev–Trinajstić information content (AvgIpc) is 3.26. The van der Waals surface area contributed by atoms with Crippen molar-refractivity contribution in [2.45, 2.75) is 44.1 Å². The Hall–Kier alpha value is -3.15. The molecule has 1 fully saturated rings. The number of anilines is 1. The van der Waals surface area contributed by atoms with E-state index in [-0.39, 0.29) is 18.4 Å². The summed E-state index contributed by atoms with van der Waals surface area (Å²) < 4.78 is 0. The summed E-state index contributed by atoms with van der Waals surface area (Å²) in [6.45, 7) is -0.273. The van der Waals surface area contributed by atoms with E-state index in [1.807, 2.05) is 36.4 Å². The number of imide groups is 1. The van der Waals surface area contributed by atoms with Crippen LogP contribution in [0.1, 0.15) is 35.1 Å². The molecule has 6 nitrogen and oxygen atoms in total. The number of rotatable bonds is 3. The standard InChI is InChI=1S/C23H23N3O3/c27-20(24-19-9-8-15-6-3-7-17(15)12-19)14-26-21(28)23(25-22(26)29)11-10-16-4-1-2-5-18(16)13-23/h1-2,4-5,8-9,12H,3,6-7,10-11,13-14H2,(H,24,27)(H,25,29). The molecule has 2 aromatic rings. The van der Waals surface area contributed by atoms with Crippen molar-refractivity contribution in [2.75, 3.05) is 11.9 Å². The minimum absolute atomic E-state index is 0.273. The molecule has 0 aromatic heterocycles. The molecule has 0 saturated carbocycles. The zero-order valence-corrected chi connectivity index (χ0v) is 16.2. The molecule has 1 saturated heterocycles. The summed E-state index contributed by atoms with van der Waals surface area (Å²) in [5, 5.41) is 5.70. The molecule has 6 heteroatoms. The number of hydrogen-bond acceptors (Lipinski definition) is 3. The number of nitrogens with one attached hydrogen (secondary N) is 2. The molecule has 1 unspecified atom stereocenters. The van der Waals surface area contributed by atoms with Gasteiger partial charge in [0.1, 0.15) is 12.1 Å². The van der Waals surface area contributed by atoms with Gasteiger partial charge in [-0.3, -0.25) is 14.5 Å². The Balaban J connectivity index is 1.29. The summed E-state index contributed by atoms with van der Waals surface area (Å²) in [4.78, 5) is 39.2. The molecule has 1 heterocycles. The average molecular weight is 389 g/mol. The molecule has 1 aliphatic heterocycles.